The van der Waals surface area contributed by atoms with Crippen LogP contribution in [0, 0.1) is 17.8 Å². The van der Waals surface area contributed by atoms with Gasteiger partial charge in [-0.3, -0.25) is 4.90 Å². The molecule has 1 N–H and O–H groups in total. The molecular weight excluding hydrogens is 210 g/mol. The van der Waals surface area contributed by atoms with Crippen LogP contribution in [0.4, 0.5) is 0 Å². The predicted molar refractivity (Wildman–Crippen MR) is 71.9 cm³/mol. The molecule has 2 nitrogen and oxygen atoms in total. The summed E-state index contributed by atoms with van der Waals surface area (Å²) >= 11 is 0. The van der Waals surface area contributed by atoms with Crippen molar-refractivity contribution in [2.24, 2.45) is 17.8 Å². The molecular formula is C15H29NO. The van der Waals surface area contributed by atoms with Gasteiger partial charge in [0, 0.05) is 12.6 Å². The average Bonchev–Trinajstić information content (AvgIpc) is 2.77. The molecule has 0 spiro atoms. The smallest absolute Gasteiger partial charge is 0.0695 e. The number of likely N-dealkylation sites (tertiary alicyclic amines) is 1. The Morgan fingerprint density at radius 3 is 2.59 bits per heavy atom. The molecule has 4 unspecified atom stereocenters. The second-order valence-corrected chi connectivity index (χ2v) is 6.51. The minimum Gasteiger partial charge on any atom is -0.391 e. The normalized spacial score (nSPS) is 40.1. The van der Waals surface area contributed by atoms with Crippen LogP contribution in [-0.2, 0) is 0 Å². The van der Waals surface area contributed by atoms with Crippen LogP contribution < -0.4 is 0 Å². The molecule has 2 heteroatoms. The van der Waals surface area contributed by atoms with Crippen LogP contribution in [0.3, 0.4) is 0 Å². The van der Waals surface area contributed by atoms with Crippen molar-refractivity contribution in [1.82, 2.24) is 4.90 Å². The van der Waals surface area contributed by atoms with Crippen LogP contribution in [-0.4, -0.2) is 35.2 Å². The van der Waals surface area contributed by atoms with E-state index in [2.05, 4.69) is 25.7 Å². The second kappa shape index (κ2) is 5.71. The molecule has 1 saturated carbocycles. The Bertz CT molecular complexity index is 241. The van der Waals surface area contributed by atoms with Gasteiger partial charge in [0.05, 0.1) is 6.10 Å². The number of hydrogen-bond acceptors (Lipinski definition) is 2. The molecule has 17 heavy (non-hydrogen) atoms. The summed E-state index contributed by atoms with van der Waals surface area (Å²) in [6.07, 6.45) is 6.02. The molecule has 1 aliphatic carbocycles. The van der Waals surface area contributed by atoms with Gasteiger partial charge in [-0.2, -0.15) is 0 Å². The maximum absolute atomic E-state index is 10.2. The van der Waals surface area contributed by atoms with Crippen molar-refractivity contribution in [1.29, 1.82) is 0 Å². The molecule has 100 valence electrons. The summed E-state index contributed by atoms with van der Waals surface area (Å²) in [5.74, 6) is 2.47. The van der Waals surface area contributed by atoms with Crippen LogP contribution in [0.2, 0.25) is 0 Å². The SMILES string of the molecule is CCC1CCN(C2CC(C(C)C)CCC2O)C1. The number of hydrogen-bond donors (Lipinski definition) is 1. The Balaban J connectivity index is 1.94. The van der Waals surface area contributed by atoms with Gasteiger partial charge in [-0.1, -0.05) is 27.2 Å². The van der Waals surface area contributed by atoms with Gasteiger partial charge < -0.3 is 5.11 Å². The van der Waals surface area contributed by atoms with Crippen molar-refractivity contribution in [3.05, 3.63) is 0 Å². The topological polar surface area (TPSA) is 23.5 Å². The lowest BCUT2D eigenvalue weighted by Crippen LogP contribution is -2.47. The fraction of sp³-hybridized carbons (Fsp3) is 1.00. The Hall–Kier alpha value is -0.0800. The monoisotopic (exact) mass is 239 g/mol. The molecule has 0 aromatic heterocycles. The number of aliphatic hydroxyl groups is 1. The van der Waals surface area contributed by atoms with Crippen molar-refractivity contribution in [2.45, 2.75) is 65.0 Å². The van der Waals surface area contributed by atoms with Crippen LogP contribution in [0.15, 0.2) is 0 Å². The first-order valence-corrected chi connectivity index (χ1v) is 7.54. The molecule has 0 aromatic rings. The second-order valence-electron chi connectivity index (χ2n) is 6.51. The maximum atomic E-state index is 10.2. The highest BCUT2D eigenvalue weighted by Crippen LogP contribution is 2.35. The minimum absolute atomic E-state index is 0.0689. The van der Waals surface area contributed by atoms with Crippen LogP contribution in [0.25, 0.3) is 0 Å². The van der Waals surface area contributed by atoms with E-state index in [1.807, 2.05) is 0 Å². The van der Waals surface area contributed by atoms with E-state index in [-0.39, 0.29) is 6.10 Å². The number of rotatable bonds is 3. The highest BCUT2D eigenvalue weighted by molar-refractivity contribution is 4.90. The molecule has 4 atom stereocenters. The van der Waals surface area contributed by atoms with Gasteiger partial charge in [-0.15, -0.1) is 0 Å². The first-order chi connectivity index (χ1) is 8.11. The molecule has 1 aliphatic heterocycles. The van der Waals surface area contributed by atoms with Gasteiger partial charge >= 0.3 is 0 Å². The average molecular weight is 239 g/mol. The molecule has 0 amide bonds. The molecule has 1 saturated heterocycles. The summed E-state index contributed by atoms with van der Waals surface area (Å²) in [6.45, 7) is 9.40. The summed E-state index contributed by atoms with van der Waals surface area (Å²) in [6, 6.07) is 0.452. The summed E-state index contributed by atoms with van der Waals surface area (Å²) in [4.78, 5) is 2.58. The van der Waals surface area contributed by atoms with Gasteiger partial charge in [-0.05, 0) is 50.0 Å². The van der Waals surface area contributed by atoms with E-state index >= 15 is 0 Å². The van der Waals surface area contributed by atoms with Crippen molar-refractivity contribution in [2.75, 3.05) is 13.1 Å². The van der Waals surface area contributed by atoms with E-state index < -0.39 is 0 Å². The molecule has 2 aliphatic rings. The first kappa shape index (κ1) is 13.4. The standard InChI is InChI=1S/C15H29NO/c1-4-12-7-8-16(10-12)14-9-13(11(2)3)5-6-15(14)17/h11-15,17H,4-10H2,1-3H3. The lowest BCUT2D eigenvalue weighted by Gasteiger charge is -2.40. The Morgan fingerprint density at radius 2 is 2.00 bits per heavy atom. The summed E-state index contributed by atoms with van der Waals surface area (Å²) in [5.41, 5.74) is 0. The Morgan fingerprint density at radius 1 is 1.24 bits per heavy atom. The molecule has 0 radical (unpaired) electrons. The van der Waals surface area contributed by atoms with E-state index in [0.717, 1.165) is 24.2 Å². The van der Waals surface area contributed by atoms with Crippen molar-refractivity contribution in [3.8, 4) is 0 Å². The summed E-state index contributed by atoms with van der Waals surface area (Å²) in [5, 5.41) is 10.2. The maximum Gasteiger partial charge on any atom is 0.0695 e. The Kier molecular flexibility index (Phi) is 4.48. The van der Waals surface area contributed by atoms with Gasteiger partial charge in [0.2, 0.25) is 0 Å². The van der Waals surface area contributed by atoms with E-state index in [1.54, 1.807) is 0 Å². The zero-order valence-electron chi connectivity index (χ0n) is 11.7. The molecule has 2 fully saturated rings. The largest absolute Gasteiger partial charge is 0.391 e. The molecule has 1 heterocycles. The quantitative estimate of drug-likeness (QED) is 0.818. The van der Waals surface area contributed by atoms with Gasteiger partial charge in [0.25, 0.3) is 0 Å². The number of nitrogens with zero attached hydrogens (tertiary/aromatic N) is 1. The van der Waals surface area contributed by atoms with Crippen molar-refractivity contribution in [3.63, 3.8) is 0 Å². The molecule has 0 bridgehead atoms. The lowest BCUT2D eigenvalue weighted by atomic mass is 9.77. The zero-order valence-corrected chi connectivity index (χ0v) is 11.7. The summed E-state index contributed by atoms with van der Waals surface area (Å²) in [7, 11) is 0. The van der Waals surface area contributed by atoms with Crippen molar-refractivity contribution < 1.29 is 5.11 Å². The van der Waals surface area contributed by atoms with Gasteiger partial charge in [0.1, 0.15) is 0 Å². The van der Waals surface area contributed by atoms with E-state index in [4.69, 9.17) is 0 Å². The van der Waals surface area contributed by atoms with Gasteiger partial charge in [0.15, 0.2) is 0 Å². The molecule has 2 rings (SSSR count). The van der Waals surface area contributed by atoms with Gasteiger partial charge in [-0.25, -0.2) is 0 Å². The lowest BCUT2D eigenvalue weighted by molar-refractivity contribution is 0.00368. The van der Waals surface area contributed by atoms with Crippen LogP contribution in [0.5, 0.6) is 0 Å². The third-order valence-corrected chi connectivity index (χ3v) is 5.13. The minimum atomic E-state index is -0.0689. The van der Waals surface area contributed by atoms with E-state index in [1.165, 1.54) is 38.8 Å². The third kappa shape index (κ3) is 3.03. The highest BCUT2D eigenvalue weighted by Gasteiger charge is 2.36. The van der Waals surface area contributed by atoms with E-state index in [9.17, 15) is 5.11 Å². The van der Waals surface area contributed by atoms with Crippen LogP contribution >= 0.6 is 0 Å². The highest BCUT2D eigenvalue weighted by atomic mass is 16.3. The third-order valence-electron chi connectivity index (χ3n) is 5.13. The van der Waals surface area contributed by atoms with Crippen LogP contribution in [0.1, 0.15) is 52.9 Å². The van der Waals surface area contributed by atoms with Crippen molar-refractivity contribution >= 4 is 0 Å². The first-order valence-electron chi connectivity index (χ1n) is 7.54. The molecule has 0 aromatic carbocycles. The Labute approximate surface area is 106 Å². The fourth-order valence-corrected chi connectivity index (χ4v) is 3.66. The predicted octanol–water partition coefficient (Wildman–Crippen LogP) is 2.90. The fourth-order valence-electron chi connectivity index (χ4n) is 3.66. The van der Waals surface area contributed by atoms with E-state index in [0.29, 0.717) is 6.04 Å². The zero-order chi connectivity index (χ0) is 12.4. The summed E-state index contributed by atoms with van der Waals surface area (Å²) < 4.78 is 0. The number of aliphatic hydroxyl groups excluding tert-OH is 1.